The highest BCUT2D eigenvalue weighted by molar-refractivity contribution is 6.31. The smallest absolute Gasteiger partial charge is 0.341 e. The first kappa shape index (κ1) is 16.8. The number of esters is 1. The van der Waals surface area contributed by atoms with Gasteiger partial charge >= 0.3 is 5.97 Å². The molecule has 2 aromatic carbocycles. The van der Waals surface area contributed by atoms with E-state index in [2.05, 4.69) is 10.1 Å². The summed E-state index contributed by atoms with van der Waals surface area (Å²) in [5.41, 5.74) is 1.17. The molecule has 0 radical (unpaired) electrons. The van der Waals surface area contributed by atoms with Crippen molar-refractivity contribution in [1.29, 1.82) is 0 Å². The third-order valence-electron chi connectivity index (χ3n) is 3.04. The fourth-order valence-corrected chi connectivity index (χ4v) is 2.06. The predicted molar refractivity (Wildman–Crippen MR) is 86.6 cm³/mol. The van der Waals surface area contributed by atoms with Gasteiger partial charge < -0.3 is 14.8 Å². The van der Waals surface area contributed by atoms with Crippen LogP contribution in [0.15, 0.2) is 48.5 Å². The number of hydrogen-bond acceptors (Lipinski definition) is 4. The Morgan fingerprint density at radius 1 is 1.13 bits per heavy atom. The van der Waals surface area contributed by atoms with Gasteiger partial charge in [-0.15, -0.1) is 0 Å². The second kappa shape index (κ2) is 8.19. The normalized spacial score (nSPS) is 10.0. The molecule has 1 amide bonds. The lowest BCUT2D eigenvalue weighted by molar-refractivity contribution is -0.123. The van der Waals surface area contributed by atoms with Crippen LogP contribution in [0.4, 0.5) is 0 Å². The largest absolute Gasteiger partial charge is 0.483 e. The molecule has 0 fully saturated rings. The Kier molecular flexibility index (Phi) is 6.00. The fourth-order valence-electron chi connectivity index (χ4n) is 1.89. The molecule has 23 heavy (non-hydrogen) atoms. The summed E-state index contributed by atoms with van der Waals surface area (Å²) >= 11 is 5.86. The van der Waals surface area contributed by atoms with E-state index in [4.69, 9.17) is 16.3 Å². The molecule has 0 bridgehead atoms. The molecule has 2 rings (SSSR count). The van der Waals surface area contributed by atoms with E-state index in [1.807, 2.05) is 30.3 Å². The van der Waals surface area contributed by atoms with Crippen LogP contribution in [0.2, 0.25) is 5.02 Å². The SMILES string of the molecule is COC(=O)c1cc(Cl)ccc1OCC(=O)NCc1ccccc1. The summed E-state index contributed by atoms with van der Waals surface area (Å²) in [5.74, 6) is -0.622. The number of ether oxygens (including phenoxy) is 2. The van der Waals surface area contributed by atoms with E-state index >= 15 is 0 Å². The molecule has 1 N–H and O–H groups in total. The summed E-state index contributed by atoms with van der Waals surface area (Å²) in [7, 11) is 1.26. The van der Waals surface area contributed by atoms with Gasteiger partial charge in [-0.3, -0.25) is 4.79 Å². The van der Waals surface area contributed by atoms with Crippen LogP contribution in [0.25, 0.3) is 0 Å². The monoisotopic (exact) mass is 333 g/mol. The number of rotatable bonds is 6. The first-order valence-electron chi connectivity index (χ1n) is 6.91. The van der Waals surface area contributed by atoms with Crippen LogP contribution < -0.4 is 10.1 Å². The fraction of sp³-hybridized carbons (Fsp3) is 0.176. The summed E-state index contributed by atoms with van der Waals surface area (Å²) in [5, 5.41) is 3.12. The van der Waals surface area contributed by atoms with E-state index in [9.17, 15) is 9.59 Å². The van der Waals surface area contributed by atoms with E-state index in [0.29, 0.717) is 11.6 Å². The standard InChI is InChI=1S/C17H16ClNO4/c1-22-17(21)14-9-13(18)7-8-15(14)23-11-16(20)19-10-12-5-3-2-4-6-12/h2-9H,10-11H2,1H3,(H,19,20). The minimum absolute atomic E-state index is 0.177. The van der Waals surface area contributed by atoms with E-state index in [1.165, 1.54) is 19.2 Å². The summed E-state index contributed by atoms with van der Waals surface area (Å²) in [4.78, 5) is 23.5. The molecule has 0 unspecified atom stereocenters. The molecule has 0 atom stereocenters. The number of carbonyl (C=O) groups is 2. The average molecular weight is 334 g/mol. The van der Waals surface area contributed by atoms with Gasteiger partial charge in [-0.1, -0.05) is 41.9 Å². The first-order chi connectivity index (χ1) is 11.1. The molecule has 0 aliphatic rings. The van der Waals surface area contributed by atoms with Crippen molar-refractivity contribution in [3.63, 3.8) is 0 Å². The molecule has 0 aliphatic heterocycles. The molecule has 5 nitrogen and oxygen atoms in total. The number of benzene rings is 2. The van der Waals surface area contributed by atoms with Crippen LogP contribution in [0, 0.1) is 0 Å². The number of halogens is 1. The molecule has 0 spiro atoms. The van der Waals surface area contributed by atoms with Gasteiger partial charge in [0.05, 0.1) is 7.11 Å². The molecule has 0 aliphatic carbocycles. The van der Waals surface area contributed by atoms with Crippen LogP contribution in [0.5, 0.6) is 5.75 Å². The maximum Gasteiger partial charge on any atom is 0.341 e. The molecule has 0 saturated carbocycles. The predicted octanol–water partition coefficient (Wildman–Crippen LogP) is 2.82. The Morgan fingerprint density at radius 2 is 1.87 bits per heavy atom. The van der Waals surface area contributed by atoms with Crippen molar-refractivity contribution in [1.82, 2.24) is 5.32 Å². The highest BCUT2D eigenvalue weighted by atomic mass is 35.5. The van der Waals surface area contributed by atoms with Gasteiger partial charge in [0.2, 0.25) is 0 Å². The first-order valence-corrected chi connectivity index (χ1v) is 7.29. The molecule has 0 heterocycles. The minimum Gasteiger partial charge on any atom is -0.483 e. The number of carbonyl (C=O) groups excluding carboxylic acids is 2. The number of amides is 1. The van der Waals surface area contributed by atoms with Crippen molar-refractivity contribution in [2.45, 2.75) is 6.54 Å². The lowest BCUT2D eigenvalue weighted by Gasteiger charge is -2.11. The van der Waals surface area contributed by atoms with Gasteiger partial charge in [-0.05, 0) is 23.8 Å². The molecule has 0 saturated heterocycles. The van der Waals surface area contributed by atoms with Crippen molar-refractivity contribution in [2.24, 2.45) is 0 Å². The van der Waals surface area contributed by atoms with E-state index in [1.54, 1.807) is 6.07 Å². The Morgan fingerprint density at radius 3 is 2.57 bits per heavy atom. The van der Waals surface area contributed by atoms with Gasteiger partial charge in [0.1, 0.15) is 11.3 Å². The van der Waals surface area contributed by atoms with Crippen LogP contribution >= 0.6 is 11.6 Å². The van der Waals surface area contributed by atoms with Gasteiger partial charge in [0.15, 0.2) is 6.61 Å². The zero-order valence-corrected chi connectivity index (χ0v) is 13.3. The van der Waals surface area contributed by atoms with Gasteiger partial charge in [0.25, 0.3) is 5.91 Å². The molecular weight excluding hydrogens is 318 g/mol. The van der Waals surface area contributed by atoms with Crippen LogP contribution in [0.3, 0.4) is 0 Å². The highest BCUT2D eigenvalue weighted by Crippen LogP contribution is 2.23. The van der Waals surface area contributed by atoms with Gasteiger partial charge in [-0.2, -0.15) is 0 Å². The summed E-state index contributed by atoms with van der Waals surface area (Å²) in [6, 6.07) is 14.1. The summed E-state index contributed by atoms with van der Waals surface area (Å²) in [6.45, 7) is 0.200. The molecule has 2 aromatic rings. The highest BCUT2D eigenvalue weighted by Gasteiger charge is 2.15. The van der Waals surface area contributed by atoms with Crippen LogP contribution in [-0.2, 0) is 16.1 Å². The molecule has 0 aromatic heterocycles. The third kappa shape index (κ3) is 5.00. The Labute approximate surface area is 139 Å². The molecule has 120 valence electrons. The van der Waals surface area contributed by atoms with Crippen molar-refractivity contribution >= 4 is 23.5 Å². The maximum absolute atomic E-state index is 11.8. The number of methoxy groups -OCH3 is 1. The number of nitrogens with one attached hydrogen (secondary N) is 1. The van der Waals surface area contributed by atoms with Crippen molar-refractivity contribution in [3.05, 3.63) is 64.7 Å². The zero-order valence-electron chi connectivity index (χ0n) is 12.5. The van der Waals surface area contributed by atoms with E-state index in [0.717, 1.165) is 5.56 Å². The molecule has 6 heteroatoms. The van der Waals surface area contributed by atoms with Crippen molar-refractivity contribution in [2.75, 3.05) is 13.7 Å². The topological polar surface area (TPSA) is 64.6 Å². The summed E-state index contributed by atoms with van der Waals surface area (Å²) < 4.78 is 10.1. The van der Waals surface area contributed by atoms with Gasteiger partial charge in [0, 0.05) is 11.6 Å². The lowest BCUT2D eigenvalue weighted by atomic mass is 10.2. The number of hydrogen-bond donors (Lipinski definition) is 1. The Hall–Kier alpha value is -2.53. The van der Waals surface area contributed by atoms with Crippen LogP contribution in [-0.4, -0.2) is 25.6 Å². The average Bonchev–Trinajstić information content (AvgIpc) is 2.59. The minimum atomic E-state index is -0.577. The summed E-state index contributed by atoms with van der Waals surface area (Å²) in [6.07, 6.45) is 0. The van der Waals surface area contributed by atoms with Crippen LogP contribution in [0.1, 0.15) is 15.9 Å². The quantitative estimate of drug-likeness (QED) is 0.826. The second-order valence-electron chi connectivity index (χ2n) is 4.68. The second-order valence-corrected chi connectivity index (χ2v) is 5.12. The third-order valence-corrected chi connectivity index (χ3v) is 3.27. The Bertz CT molecular complexity index is 688. The Balaban J connectivity index is 1.92. The van der Waals surface area contributed by atoms with Crippen molar-refractivity contribution < 1.29 is 19.1 Å². The van der Waals surface area contributed by atoms with Crippen molar-refractivity contribution in [3.8, 4) is 5.75 Å². The maximum atomic E-state index is 11.8. The molecular formula is C17H16ClNO4. The van der Waals surface area contributed by atoms with E-state index in [-0.39, 0.29) is 23.8 Å². The van der Waals surface area contributed by atoms with Gasteiger partial charge in [-0.25, -0.2) is 4.79 Å². The lowest BCUT2D eigenvalue weighted by Crippen LogP contribution is -2.28. The van der Waals surface area contributed by atoms with E-state index < -0.39 is 5.97 Å². The zero-order chi connectivity index (χ0) is 16.7.